The van der Waals surface area contributed by atoms with E-state index in [1.165, 1.54) is 0 Å². The van der Waals surface area contributed by atoms with Gasteiger partial charge in [-0.25, -0.2) is 8.42 Å². The van der Waals surface area contributed by atoms with Crippen LogP contribution < -0.4 is 4.72 Å². The summed E-state index contributed by atoms with van der Waals surface area (Å²) >= 11 is 0. The van der Waals surface area contributed by atoms with Gasteiger partial charge in [0, 0.05) is 5.41 Å². The minimum absolute atomic E-state index is 0.451. The van der Waals surface area contributed by atoms with Gasteiger partial charge in [-0.05, 0) is 26.7 Å². The van der Waals surface area contributed by atoms with Gasteiger partial charge < -0.3 is 5.11 Å². The van der Waals surface area contributed by atoms with Crippen molar-refractivity contribution in [2.24, 2.45) is 10.8 Å². The van der Waals surface area contributed by atoms with Crippen molar-refractivity contribution in [1.29, 1.82) is 0 Å². The Balaban J connectivity index is 0. The number of aliphatic carboxylic acids is 1. The van der Waals surface area contributed by atoms with Crippen LogP contribution in [0.4, 0.5) is 0 Å². The quantitative estimate of drug-likeness (QED) is 0.809. The summed E-state index contributed by atoms with van der Waals surface area (Å²) in [7, 11) is -3.42. The number of hydrogen-bond acceptors (Lipinski definition) is 4. The Bertz CT molecular complexity index is 438. The fraction of sp³-hybridized carbons (Fsp3) is 0.846. The van der Waals surface area contributed by atoms with E-state index in [1.54, 1.807) is 27.7 Å². The van der Waals surface area contributed by atoms with Gasteiger partial charge >= 0.3 is 5.97 Å². The summed E-state index contributed by atoms with van der Waals surface area (Å²) in [5.41, 5.74) is -1.16. The molecule has 0 heterocycles. The van der Waals surface area contributed by atoms with E-state index in [0.717, 1.165) is 6.26 Å². The second-order valence-corrected chi connectivity index (χ2v) is 7.73. The van der Waals surface area contributed by atoms with Crippen LogP contribution in [-0.2, 0) is 19.6 Å². The third-order valence-corrected chi connectivity index (χ3v) is 3.80. The van der Waals surface area contributed by atoms with Crippen molar-refractivity contribution in [3.8, 4) is 0 Å². The average molecular weight is 309 g/mol. The van der Waals surface area contributed by atoms with Crippen LogP contribution in [-0.4, -0.2) is 31.7 Å². The van der Waals surface area contributed by atoms with E-state index in [4.69, 9.17) is 5.11 Å². The highest BCUT2D eigenvalue weighted by atomic mass is 32.2. The van der Waals surface area contributed by atoms with E-state index in [2.05, 4.69) is 0 Å². The average Bonchev–Trinajstić information content (AvgIpc) is 2.27. The second kappa shape index (κ2) is 7.61. The smallest absolute Gasteiger partial charge is 0.309 e. The number of hydrogen-bond donors (Lipinski definition) is 2. The molecule has 0 unspecified atom stereocenters. The summed E-state index contributed by atoms with van der Waals surface area (Å²) in [5.74, 6) is -1.17. The highest BCUT2D eigenvalue weighted by Crippen LogP contribution is 2.19. The SMILES string of the molecule is CCC(C)(C)C(=O)NS(C)(=O)=O.CCC(C)(C)C(=O)O. The number of carboxylic acid groups (broad SMARTS) is 1. The molecule has 0 spiro atoms. The Labute approximate surface area is 122 Å². The number of carboxylic acids is 1. The van der Waals surface area contributed by atoms with Gasteiger partial charge in [-0.15, -0.1) is 0 Å². The zero-order valence-corrected chi connectivity index (χ0v) is 14.2. The number of nitrogens with one attached hydrogen (secondary N) is 1. The van der Waals surface area contributed by atoms with Gasteiger partial charge in [-0.2, -0.15) is 0 Å². The van der Waals surface area contributed by atoms with Crippen LogP contribution in [0.1, 0.15) is 54.4 Å². The Morgan fingerprint density at radius 2 is 1.35 bits per heavy atom. The summed E-state index contributed by atoms with van der Waals surface area (Å²) in [6.07, 6.45) is 2.26. The normalized spacial score (nSPS) is 12.2. The molecule has 0 saturated carbocycles. The highest BCUT2D eigenvalue weighted by Gasteiger charge is 2.27. The van der Waals surface area contributed by atoms with Crippen molar-refractivity contribution in [3.05, 3.63) is 0 Å². The van der Waals surface area contributed by atoms with Gasteiger partial charge in [0.15, 0.2) is 0 Å². The number of rotatable bonds is 5. The monoisotopic (exact) mass is 309 g/mol. The largest absolute Gasteiger partial charge is 0.481 e. The van der Waals surface area contributed by atoms with Crippen LogP contribution in [0, 0.1) is 10.8 Å². The molecule has 1 amide bonds. The fourth-order valence-corrected chi connectivity index (χ4v) is 1.23. The van der Waals surface area contributed by atoms with Gasteiger partial charge in [-0.1, -0.05) is 27.7 Å². The van der Waals surface area contributed by atoms with Crippen molar-refractivity contribution in [2.75, 3.05) is 6.26 Å². The van der Waals surface area contributed by atoms with Gasteiger partial charge in [0.2, 0.25) is 15.9 Å². The molecule has 0 rings (SSSR count). The molecule has 0 bridgehead atoms. The summed E-state index contributed by atoms with van der Waals surface area (Å²) in [6, 6.07) is 0. The van der Waals surface area contributed by atoms with Crippen molar-refractivity contribution < 1.29 is 23.1 Å². The fourth-order valence-electron chi connectivity index (χ4n) is 0.618. The Kier molecular flexibility index (Phi) is 8.07. The minimum Gasteiger partial charge on any atom is -0.481 e. The predicted molar refractivity (Wildman–Crippen MR) is 78.8 cm³/mol. The molecule has 2 N–H and O–H groups in total. The molecular formula is C13H27NO5S. The zero-order valence-electron chi connectivity index (χ0n) is 13.4. The molecule has 0 aliphatic rings. The molecule has 0 aliphatic heterocycles. The third kappa shape index (κ3) is 8.90. The minimum atomic E-state index is -3.42. The highest BCUT2D eigenvalue weighted by molar-refractivity contribution is 7.89. The molecule has 0 saturated heterocycles. The molecular weight excluding hydrogens is 282 g/mol. The summed E-state index contributed by atoms with van der Waals surface area (Å²) in [5, 5.41) is 8.44. The molecule has 7 heteroatoms. The Hall–Kier alpha value is -1.11. The zero-order chi connectivity index (χ0) is 16.8. The van der Waals surface area contributed by atoms with Crippen molar-refractivity contribution in [1.82, 2.24) is 4.72 Å². The van der Waals surface area contributed by atoms with E-state index in [-0.39, 0.29) is 0 Å². The molecule has 0 aromatic carbocycles. The van der Waals surface area contributed by atoms with E-state index in [0.29, 0.717) is 12.8 Å². The van der Waals surface area contributed by atoms with Crippen LogP contribution in [0.3, 0.4) is 0 Å². The summed E-state index contributed by atoms with van der Waals surface area (Å²) in [6.45, 7) is 10.5. The van der Waals surface area contributed by atoms with Crippen LogP contribution >= 0.6 is 0 Å². The third-order valence-electron chi connectivity index (χ3n) is 3.24. The predicted octanol–water partition coefficient (Wildman–Crippen LogP) is 2.01. The topological polar surface area (TPSA) is 101 Å². The second-order valence-electron chi connectivity index (χ2n) is 5.98. The molecule has 0 radical (unpaired) electrons. The van der Waals surface area contributed by atoms with Crippen LogP contribution in [0.15, 0.2) is 0 Å². The maximum absolute atomic E-state index is 11.2. The maximum atomic E-state index is 11.2. The van der Waals surface area contributed by atoms with Crippen LogP contribution in [0.25, 0.3) is 0 Å². The number of carbonyl (C=O) groups excluding carboxylic acids is 1. The first kappa shape index (κ1) is 21.2. The van der Waals surface area contributed by atoms with Crippen LogP contribution in [0.2, 0.25) is 0 Å². The lowest BCUT2D eigenvalue weighted by atomic mass is 9.90. The molecule has 6 nitrogen and oxygen atoms in total. The van der Waals surface area contributed by atoms with Crippen molar-refractivity contribution in [2.45, 2.75) is 54.4 Å². The van der Waals surface area contributed by atoms with E-state index < -0.39 is 32.7 Å². The maximum Gasteiger partial charge on any atom is 0.309 e. The van der Waals surface area contributed by atoms with Crippen molar-refractivity contribution >= 4 is 21.9 Å². The number of carbonyl (C=O) groups is 2. The lowest BCUT2D eigenvalue weighted by Gasteiger charge is -2.20. The van der Waals surface area contributed by atoms with Gasteiger partial charge in [0.05, 0.1) is 11.7 Å². The lowest BCUT2D eigenvalue weighted by Crippen LogP contribution is -2.39. The molecule has 20 heavy (non-hydrogen) atoms. The number of amides is 1. The molecule has 0 aliphatic carbocycles. The van der Waals surface area contributed by atoms with Gasteiger partial charge in [-0.3, -0.25) is 14.3 Å². The molecule has 120 valence electrons. The van der Waals surface area contributed by atoms with Crippen LogP contribution in [0.5, 0.6) is 0 Å². The molecule has 0 aromatic heterocycles. The first-order valence-corrected chi connectivity index (χ1v) is 8.34. The standard InChI is InChI=1S/C7H15NO3S.C6H12O2/c1-5-7(2,3)6(9)8-12(4,10)11;1-4-6(2,3)5(7)8/h5H2,1-4H3,(H,8,9);4H2,1-3H3,(H,7,8). The van der Waals surface area contributed by atoms with E-state index in [1.807, 2.05) is 18.6 Å². The Morgan fingerprint density at radius 1 is 1.00 bits per heavy atom. The molecule has 0 aromatic rings. The molecule has 0 fully saturated rings. The van der Waals surface area contributed by atoms with Gasteiger partial charge in [0.25, 0.3) is 0 Å². The van der Waals surface area contributed by atoms with Crippen molar-refractivity contribution in [3.63, 3.8) is 0 Å². The molecule has 0 atom stereocenters. The lowest BCUT2D eigenvalue weighted by molar-refractivity contribution is -0.147. The first-order valence-electron chi connectivity index (χ1n) is 6.45. The number of sulfonamides is 1. The van der Waals surface area contributed by atoms with E-state index in [9.17, 15) is 18.0 Å². The summed E-state index contributed by atoms with van der Waals surface area (Å²) < 4.78 is 23.3. The Morgan fingerprint density at radius 3 is 1.50 bits per heavy atom. The van der Waals surface area contributed by atoms with E-state index >= 15 is 0 Å². The first-order chi connectivity index (χ1) is 8.69. The summed E-state index contributed by atoms with van der Waals surface area (Å²) in [4.78, 5) is 21.5. The van der Waals surface area contributed by atoms with Gasteiger partial charge in [0.1, 0.15) is 0 Å².